The van der Waals surface area contributed by atoms with Gasteiger partial charge in [0.05, 0.1) is 16.8 Å². The molecule has 0 saturated heterocycles. The van der Waals surface area contributed by atoms with Crippen LogP contribution in [0.5, 0.6) is 0 Å². The zero-order chi connectivity index (χ0) is 22.1. The van der Waals surface area contributed by atoms with Crippen molar-refractivity contribution in [3.8, 4) is 0 Å². The zero-order valence-corrected chi connectivity index (χ0v) is 18.0. The highest BCUT2D eigenvalue weighted by molar-refractivity contribution is 6.06. The Morgan fingerprint density at radius 2 is 1.88 bits per heavy atom. The first kappa shape index (κ1) is 20.1. The fourth-order valence-corrected chi connectivity index (χ4v) is 4.31. The monoisotopic (exact) mass is 425 g/mol. The maximum atomic E-state index is 13.3. The number of para-hydroxylation sites is 1. The summed E-state index contributed by atoms with van der Waals surface area (Å²) in [6, 6.07) is 17.9. The second-order valence-electron chi connectivity index (χ2n) is 8.22. The van der Waals surface area contributed by atoms with Crippen molar-refractivity contribution in [2.24, 2.45) is 5.92 Å². The summed E-state index contributed by atoms with van der Waals surface area (Å²) in [4.78, 5) is 18.3. The Bertz CT molecular complexity index is 1320. The Balaban J connectivity index is 1.62. The first-order chi connectivity index (χ1) is 15.6. The van der Waals surface area contributed by atoms with Crippen molar-refractivity contribution < 1.29 is 13.9 Å². The number of hydrogen-bond acceptors (Lipinski definition) is 6. The minimum Gasteiger partial charge on any atom is -0.452 e. The average molecular weight is 425 g/mol. The van der Waals surface area contributed by atoms with E-state index < -0.39 is 5.97 Å². The van der Waals surface area contributed by atoms with Crippen LogP contribution in [0.25, 0.3) is 22.6 Å². The number of carbonyl (C=O) groups is 1. The Morgan fingerprint density at radius 1 is 1.09 bits per heavy atom. The smallest absolute Gasteiger partial charge is 0.339 e. The van der Waals surface area contributed by atoms with Gasteiger partial charge in [0.25, 0.3) is 5.89 Å². The molecular formula is C26H23N3O3. The van der Waals surface area contributed by atoms with Crippen LogP contribution in [0.15, 0.2) is 59.0 Å². The van der Waals surface area contributed by atoms with Gasteiger partial charge in [0.2, 0.25) is 5.89 Å². The second kappa shape index (κ2) is 8.38. The van der Waals surface area contributed by atoms with Gasteiger partial charge in [-0.2, -0.15) is 0 Å². The van der Waals surface area contributed by atoms with Gasteiger partial charge in [0.15, 0.2) is 6.61 Å². The number of fused-ring (bicyclic) bond motifs is 2. The number of nitrogens with zero attached hydrogens (tertiary/aromatic N) is 3. The molecule has 0 spiro atoms. The van der Waals surface area contributed by atoms with E-state index in [0.717, 1.165) is 46.1 Å². The molecule has 2 heterocycles. The summed E-state index contributed by atoms with van der Waals surface area (Å²) in [6.45, 7) is 3.84. The normalized spacial score (nSPS) is 16.8. The molecule has 0 aliphatic heterocycles. The number of hydrogen-bond donors (Lipinski definition) is 0. The zero-order valence-electron chi connectivity index (χ0n) is 18.0. The van der Waals surface area contributed by atoms with E-state index in [1.165, 1.54) is 0 Å². The summed E-state index contributed by atoms with van der Waals surface area (Å²) in [7, 11) is 0. The number of benzene rings is 2. The summed E-state index contributed by atoms with van der Waals surface area (Å²) in [5.74, 6) is 0.697. The summed E-state index contributed by atoms with van der Waals surface area (Å²) < 4.78 is 11.0. The number of pyridine rings is 1. The first-order valence-electron chi connectivity index (χ1n) is 10.7. The van der Waals surface area contributed by atoms with Crippen LogP contribution in [0, 0.1) is 12.8 Å². The van der Waals surface area contributed by atoms with Gasteiger partial charge >= 0.3 is 5.97 Å². The third-order valence-corrected chi connectivity index (χ3v) is 5.66. The van der Waals surface area contributed by atoms with E-state index in [4.69, 9.17) is 14.1 Å². The Kier molecular flexibility index (Phi) is 5.27. The maximum absolute atomic E-state index is 13.3. The van der Waals surface area contributed by atoms with Crippen LogP contribution in [-0.4, -0.2) is 21.2 Å². The minimum atomic E-state index is -0.399. The van der Waals surface area contributed by atoms with Crippen LogP contribution in [0.2, 0.25) is 0 Å². The van der Waals surface area contributed by atoms with Crippen LogP contribution in [0.1, 0.15) is 52.3 Å². The van der Waals surface area contributed by atoms with Crippen molar-refractivity contribution in [2.45, 2.75) is 33.3 Å². The molecule has 0 unspecified atom stereocenters. The van der Waals surface area contributed by atoms with Crippen molar-refractivity contribution in [3.63, 3.8) is 0 Å². The number of aromatic nitrogens is 3. The Labute approximate surface area is 186 Å². The molecule has 0 N–H and O–H groups in total. The van der Waals surface area contributed by atoms with E-state index >= 15 is 0 Å². The number of esters is 1. The highest BCUT2D eigenvalue weighted by atomic mass is 16.5. The number of carbonyl (C=O) groups excluding carboxylic acids is 1. The SMILES string of the molecule is Cc1nnc(COC(=O)c2c3c(nc4ccccc24)/C(=C/c2ccccc2)C[C@H](C)C3)o1. The molecule has 32 heavy (non-hydrogen) atoms. The fraction of sp³-hybridized carbons (Fsp3) is 0.231. The predicted molar refractivity (Wildman–Crippen MR) is 122 cm³/mol. The number of aryl methyl sites for hydroxylation is 1. The van der Waals surface area contributed by atoms with E-state index in [0.29, 0.717) is 17.4 Å². The molecule has 2 aromatic carbocycles. The van der Waals surface area contributed by atoms with Gasteiger partial charge < -0.3 is 9.15 Å². The van der Waals surface area contributed by atoms with E-state index in [1.807, 2.05) is 42.5 Å². The lowest BCUT2D eigenvalue weighted by molar-refractivity contribution is 0.0437. The van der Waals surface area contributed by atoms with Crippen LogP contribution in [0.4, 0.5) is 0 Å². The van der Waals surface area contributed by atoms with Gasteiger partial charge in [-0.15, -0.1) is 10.2 Å². The quantitative estimate of drug-likeness (QED) is 0.407. The van der Waals surface area contributed by atoms with Crippen LogP contribution >= 0.6 is 0 Å². The third-order valence-electron chi connectivity index (χ3n) is 5.66. The van der Waals surface area contributed by atoms with Crippen molar-refractivity contribution in [1.82, 2.24) is 15.2 Å². The summed E-state index contributed by atoms with van der Waals surface area (Å²) in [6.07, 6.45) is 3.85. The molecule has 2 aromatic heterocycles. The van der Waals surface area contributed by atoms with E-state index in [1.54, 1.807) is 6.92 Å². The molecule has 0 amide bonds. The molecule has 1 atom stereocenters. The fourth-order valence-electron chi connectivity index (χ4n) is 4.31. The van der Waals surface area contributed by atoms with Crippen molar-refractivity contribution in [1.29, 1.82) is 0 Å². The summed E-state index contributed by atoms with van der Waals surface area (Å²) in [5, 5.41) is 8.51. The standard InChI is InChI=1S/C26H23N3O3/c1-16-12-19(14-18-8-4-3-5-9-18)25-21(13-16)24(20-10-6-7-11-22(20)27-25)26(30)31-15-23-29-28-17(2)32-23/h3-11,14,16H,12-13,15H2,1-2H3/b19-14+/t16-/m0/s1. The largest absolute Gasteiger partial charge is 0.452 e. The highest BCUT2D eigenvalue weighted by Crippen LogP contribution is 2.38. The predicted octanol–water partition coefficient (Wildman–Crippen LogP) is 5.41. The molecule has 6 nitrogen and oxygen atoms in total. The molecule has 1 aliphatic carbocycles. The lowest BCUT2D eigenvalue weighted by Gasteiger charge is -2.26. The van der Waals surface area contributed by atoms with E-state index in [-0.39, 0.29) is 12.5 Å². The van der Waals surface area contributed by atoms with Crippen LogP contribution < -0.4 is 0 Å². The summed E-state index contributed by atoms with van der Waals surface area (Å²) >= 11 is 0. The highest BCUT2D eigenvalue weighted by Gasteiger charge is 2.29. The Morgan fingerprint density at radius 3 is 2.66 bits per heavy atom. The minimum absolute atomic E-state index is 0.0621. The topological polar surface area (TPSA) is 78.1 Å². The van der Waals surface area contributed by atoms with Gasteiger partial charge in [0, 0.05) is 12.3 Å². The number of rotatable bonds is 4. The van der Waals surface area contributed by atoms with Gasteiger partial charge in [-0.25, -0.2) is 9.78 Å². The lowest BCUT2D eigenvalue weighted by atomic mass is 9.80. The van der Waals surface area contributed by atoms with E-state index in [9.17, 15) is 4.79 Å². The van der Waals surface area contributed by atoms with Crippen molar-refractivity contribution in [3.05, 3.63) is 88.8 Å². The lowest BCUT2D eigenvalue weighted by Crippen LogP contribution is -2.19. The van der Waals surface area contributed by atoms with Crippen LogP contribution in [-0.2, 0) is 17.8 Å². The van der Waals surface area contributed by atoms with Gasteiger partial charge in [-0.3, -0.25) is 0 Å². The molecule has 1 aliphatic rings. The van der Waals surface area contributed by atoms with Gasteiger partial charge in [0.1, 0.15) is 0 Å². The van der Waals surface area contributed by atoms with E-state index in [2.05, 4.69) is 35.3 Å². The maximum Gasteiger partial charge on any atom is 0.339 e. The first-order valence-corrected chi connectivity index (χ1v) is 10.7. The van der Waals surface area contributed by atoms with Crippen molar-refractivity contribution in [2.75, 3.05) is 0 Å². The van der Waals surface area contributed by atoms with Crippen molar-refractivity contribution >= 4 is 28.5 Å². The molecular weight excluding hydrogens is 402 g/mol. The van der Waals surface area contributed by atoms with Crippen LogP contribution in [0.3, 0.4) is 0 Å². The summed E-state index contributed by atoms with van der Waals surface area (Å²) in [5.41, 5.74) is 5.43. The molecule has 5 rings (SSSR count). The third kappa shape index (κ3) is 3.91. The average Bonchev–Trinajstić information content (AvgIpc) is 3.22. The van der Waals surface area contributed by atoms with Gasteiger partial charge in [-0.1, -0.05) is 55.5 Å². The second-order valence-corrected chi connectivity index (χ2v) is 8.22. The number of ether oxygens (including phenoxy) is 1. The molecule has 160 valence electrons. The number of allylic oxidation sites excluding steroid dienone is 1. The molecule has 0 bridgehead atoms. The Hall–Kier alpha value is -3.80. The van der Waals surface area contributed by atoms with Gasteiger partial charge in [-0.05, 0) is 47.6 Å². The molecule has 6 heteroatoms. The molecule has 0 radical (unpaired) electrons. The molecule has 0 fully saturated rings. The molecule has 0 saturated carbocycles. The molecule has 4 aromatic rings.